The second-order valence-corrected chi connectivity index (χ2v) is 10.8. The lowest BCUT2D eigenvalue weighted by molar-refractivity contribution is -0.137. The fourth-order valence-corrected chi connectivity index (χ4v) is 5.08. The van der Waals surface area contributed by atoms with Gasteiger partial charge >= 0.3 is 0 Å². The van der Waals surface area contributed by atoms with Crippen LogP contribution in [0.5, 0.6) is 0 Å². The molecule has 162 valence electrons. The molecule has 2 aromatic rings. The summed E-state index contributed by atoms with van der Waals surface area (Å²) < 4.78 is 23.8. The van der Waals surface area contributed by atoms with Crippen LogP contribution in [0.15, 0.2) is 23.1 Å². The van der Waals surface area contributed by atoms with Gasteiger partial charge in [-0.25, -0.2) is 18.4 Å². The van der Waals surface area contributed by atoms with E-state index >= 15 is 0 Å². The molecule has 3 heterocycles. The van der Waals surface area contributed by atoms with Crippen molar-refractivity contribution in [1.29, 1.82) is 0 Å². The number of piperidine rings is 2. The van der Waals surface area contributed by atoms with E-state index in [4.69, 9.17) is 0 Å². The quantitative estimate of drug-likeness (QED) is 0.745. The fourth-order valence-electron chi connectivity index (χ4n) is 4.44. The van der Waals surface area contributed by atoms with Crippen molar-refractivity contribution in [1.82, 2.24) is 14.9 Å². The van der Waals surface area contributed by atoms with Gasteiger partial charge in [0.15, 0.2) is 9.84 Å². The number of benzene rings is 1. The Morgan fingerprint density at radius 2 is 1.70 bits per heavy atom. The van der Waals surface area contributed by atoms with Crippen molar-refractivity contribution in [3.05, 3.63) is 23.9 Å². The summed E-state index contributed by atoms with van der Waals surface area (Å²) in [6.45, 7) is 7.41. The van der Waals surface area contributed by atoms with Crippen LogP contribution in [0.3, 0.4) is 0 Å². The zero-order chi connectivity index (χ0) is 21.5. The number of sulfone groups is 1. The minimum atomic E-state index is -3.29. The third-order valence-corrected chi connectivity index (χ3v) is 7.61. The van der Waals surface area contributed by atoms with Gasteiger partial charge in [0.2, 0.25) is 11.9 Å². The van der Waals surface area contributed by atoms with Gasteiger partial charge in [-0.3, -0.25) is 4.79 Å². The summed E-state index contributed by atoms with van der Waals surface area (Å²) in [6.07, 6.45) is 5.01. The maximum atomic E-state index is 12.9. The molecule has 0 bridgehead atoms. The number of fused-ring (bicyclic) bond motifs is 1. The van der Waals surface area contributed by atoms with Crippen molar-refractivity contribution in [2.45, 2.75) is 44.4 Å². The molecular weight excluding hydrogens is 400 g/mol. The molecule has 1 amide bonds. The Bertz CT molecular complexity index is 1050. The van der Waals surface area contributed by atoms with Crippen molar-refractivity contribution in [3.8, 4) is 0 Å². The number of rotatable bonds is 3. The number of nitrogens with zero attached hydrogens (tertiary/aromatic N) is 4. The summed E-state index contributed by atoms with van der Waals surface area (Å²) in [5.41, 5.74) is 1.47. The first-order chi connectivity index (χ1) is 14.2. The van der Waals surface area contributed by atoms with Crippen LogP contribution in [0.25, 0.3) is 10.9 Å². The van der Waals surface area contributed by atoms with E-state index in [9.17, 15) is 13.2 Å². The number of anilines is 1. The third-order valence-electron chi connectivity index (χ3n) is 6.50. The Kier molecular flexibility index (Phi) is 5.70. The predicted molar refractivity (Wildman–Crippen MR) is 117 cm³/mol. The van der Waals surface area contributed by atoms with Gasteiger partial charge in [0.25, 0.3) is 0 Å². The third kappa shape index (κ3) is 4.29. The normalized spacial score (nSPS) is 19.4. The highest BCUT2D eigenvalue weighted by Gasteiger charge is 2.31. The summed E-state index contributed by atoms with van der Waals surface area (Å²) in [6, 6.07) is 5.00. The number of carbonyl (C=O) groups is 1. The van der Waals surface area contributed by atoms with Gasteiger partial charge in [-0.2, -0.15) is 0 Å². The first-order valence-electron chi connectivity index (χ1n) is 10.7. The average Bonchev–Trinajstić information content (AvgIpc) is 2.73. The van der Waals surface area contributed by atoms with Gasteiger partial charge in [0.1, 0.15) is 0 Å². The van der Waals surface area contributed by atoms with Crippen LogP contribution in [-0.2, 0) is 14.6 Å². The fraction of sp³-hybridized carbons (Fsp3) is 0.591. The van der Waals surface area contributed by atoms with Gasteiger partial charge in [0.05, 0.1) is 16.1 Å². The number of carbonyl (C=O) groups excluding carboxylic acids is 1. The van der Waals surface area contributed by atoms with Crippen LogP contribution >= 0.6 is 0 Å². The molecule has 0 spiro atoms. The lowest BCUT2D eigenvalue weighted by Crippen LogP contribution is -2.45. The molecule has 2 aliphatic heterocycles. The molecule has 2 aliphatic rings. The van der Waals surface area contributed by atoms with Crippen LogP contribution < -0.4 is 4.90 Å². The second kappa shape index (κ2) is 8.13. The maximum Gasteiger partial charge on any atom is 0.226 e. The summed E-state index contributed by atoms with van der Waals surface area (Å²) in [4.78, 5) is 26.6. The van der Waals surface area contributed by atoms with Crippen molar-refractivity contribution < 1.29 is 13.2 Å². The zero-order valence-corrected chi connectivity index (χ0v) is 18.8. The molecular formula is C22H30N4O3S. The molecule has 0 saturated carbocycles. The Morgan fingerprint density at radius 3 is 2.33 bits per heavy atom. The van der Waals surface area contributed by atoms with Crippen molar-refractivity contribution in [3.63, 3.8) is 0 Å². The summed E-state index contributed by atoms with van der Waals surface area (Å²) in [7, 11) is -3.29. The summed E-state index contributed by atoms with van der Waals surface area (Å²) in [5.74, 6) is 1.71. The van der Waals surface area contributed by atoms with E-state index in [0.29, 0.717) is 23.3 Å². The average molecular weight is 431 g/mol. The molecule has 0 atom stereocenters. The number of likely N-dealkylation sites (tertiary alicyclic amines) is 1. The van der Waals surface area contributed by atoms with Crippen LogP contribution in [0, 0.1) is 18.8 Å². The van der Waals surface area contributed by atoms with E-state index in [2.05, 4.69) is 21.8 Å². The largest absolute Gasteiger partial charge is 0.342 e. The van der Waals surface area contributed by atoms with Gasteiger partial charge in [-0.05, 0) is 56.7 Å². The van der Waals surface area contributed by atoms with E-state index in [-0.39, 0.29) is 10.8 Å². The lowest BCUT2D eigenvalue weighted by Gasteiger charge is -2.36. The van der Waals surface area contributed by atoms with Crippen molar-refractivity contribution in [2.24, 2.45) is 11.8 Å². The number of hydrogen-bond acceptors (Lipinski definition) is 6. The molecule has 30 heavy (non-hydrogen) atoms. The standard InChI is InChI=1S/C22H30N4O3S/c1-15-6-10-25(11-7-15)21(27)17-8-12-26(13-9-17)22-23-16(2)19-5-4-18(30(3,28)29)14-20(19)24-22/h4-5,14-15,17H,6-13H2,1-3H3. The molecule has 0 unspecified atom stereocenters. The second-order valence-electron chi connectivity index (χ2n) is 8.83. The van der Waals surface area contributed by atoms with E-state index < -0.39 is 9.84 Å². The van der Waals surface area contributed by atoms with Gasteiger partial charge < -0.3 is 9.80 Å². The highest BCUT2D eigenvalue weighted by atomic mass is 32.2. The topological polar surface area (TPSA) is 83.5 Å². The molecule has 0 N–H and O–H groups in total. The number of aryl methyl sites for hydroxylation is 1. The van der Waals surface area contributed by atoms with Crippen LogP contribution in [0.2, 0.25) is 0 Å². The van der Waals surface area contributed by atoms with Crippen molar-refractivity contribution in [2.75, 3.05) is 37.3 Å². The number of hydrogen-bond donors (Lipinski definition) is 0. The lowest BCUT2D eigenvalue weighted by atomic mass is 9.93. The predicted octanol–water partition coefficient (Wildman–Crippen LogP) is 2.82. The maximum absolute atomic E-state index is 12.9. The highest BCUT2D eigenvalue weighted by Crippen LogP contribution is 2.27. The Balaban J connectivity index is 1.48. The van der Waals surface area contributed by atoms with E-state index in [1.807, 2.05) is 11.8 Å². The molecule has 2 fully saturated rings. The molecule has 1 aromatic carbocycles. The van der Waals surface area contributed by atoms with Crippen LogP contribution in [0.4, 0.5) is 5.95 Å². The smallest absolute Gasteiger partial charge is 0.226 e. The summed E-state index contributed by atoms with van der Waals surface area (Å²) in [5, 5.41) is 0.857. The first-order valence-corrected chi connectivity index (χ1v) is 12.6. The number of amides is 1. The van der Waals surface area contributed by atoms with Gasteiger partial charge in [-0.1, -0.05) is 6.92 Å². The van der Waals surface area contributed by atoms with Crippen LogP contribution in [0.1, 0.15) is 38.3 Å². The van der Waals surface area contributed by atoms with E-state index in [1.54, 1.807) is 18.2 Å². The Morgan fingerprint density at radius 1 is 1.03 bits per heavy atom. The molecule has 0 aliphatic carbocycles. The van der Waals surface area contributed by atoms with E-state index in [1.165, 1.54) is 6.26 Å². The van der Waals surface area contributed by atoms with Gasteiger partial charge in [0, 0.05) is 43.7 Å². The minimum absolute atomic E-state index is 0.0769. The molecule has 8 heteroatoms. The van der Waals surface area contributed by atoms with E-state index in [0.717, 1.165) is 62.9 Å². The first kappa shape index (κ1) is 21.0. The summed E-state index contributed by atoms with van der Waals surface area (Å²) >= 11 is 0. The number of aromatic nitrogens is 2. The monoisotopic (exact) mass is 430 g/mol. The molecule has 7 nitrogen and oxygen atoms in total. The minimum Gasteiger partial charge on any atom is -0.342 e. The zero-order valence-electron chi connectivity index (χ0n) is 18.0. The highest BCUT2D eigenvalue weighted by molar-refractivity contribution is 7.90. The Hall–Kier alpha value is -2.22. The van der Waals surface area contributed by atoms with Crippen molar-refractivity contribution >= 4 is 32.6 Å². The molecule has 4 rings (SSSR count). The SMILES string of the molecule is Cc1nc(N2CCC(C(=O)N3CCC(C)CC3)CC2)nc2cc(S(C)(=O)=O)ccc12. The molecule has 2 saturated heterocycles. The molecule has 0 radical (unpaired) electrons. The van der Waals surface area contributed by atoms with Gasteiger partial charge in [-0.15, -0.1) is 0 Å². The van der Waals surface area contributed by atoms with Crippen LogP contribution in [-0.4, -0.2) is 61.6 Å². The molecule has 1 aromatic heterocycles. The Labute approximate surface area is 178 Å².